The number of amides is 2. The molecule has 2 amide bonds. The summed E-state index contributed by atoms with van der Waals surface area (Å²) in [6.07, 6.45) is 2.60. The van der Waals surface area contributed by atoms with Crippen molar-refractivity contribution < 1.29 is 28.5 Å². The lowest BCUT2D eigenvalue weighted by molar-refractivity contribution is -0.137. The third kappa shape index (κ3) is 5.69. The molecule has 0 radical (unpaired) electrons. The second-order valence-electron chi connectivity index (χ2n) is 7.76. The molecule has 182 valence electrons. The number of hydrogen-bond acceptors (Lipinski definition) is 7. The molecule has 3 rings (SSSR count). The van der Waals surface area contributed by atoms with Gasteiger partial charge in [-0.25, -0.2) is 0 Å². The first-order valence-electron chi connectivity index (χ1n) is 11.4. The largest absolute Gasteiger partial charge is 0.497 e. The van der Waals surface area contributed by atoms with E-state index >= 15 is 0 Å². The molecule has 1 aliphatic rings. The van der Waals surface area contributed by atoms with E-state index in [9.17, 15) is 9.59 Å². The van der Waals surface area contributed by atoms with E-state index in [1.807, 2.05) is 6.07 Å². The molecule has 1 heterocycles. The van der Waals surface area contributed by atoms with Gasteiger partial charge in [-0.05, 0) is 18.9 Å². The van der Waals surface area contributed by atoms with Crippen LogP contribution in [0.4, 0.5) is 5.69 Å². The number of carbonyl (C=O) groups is 2. The van der Waals surface area contributed by atoms with Gasteiger partial charge in [0.15, 0.2) is 0 Å². The van der Waals surface area contributed by atoms with Gasteiger partial charge in [0.1, 0.15) is 22.9 Å². The molecule has 1 N–H and O–H groups in total. The number of imide groups is 1. The van der Waals surface area contributed by atoms with E-state index < -0.39 is 5.91 Å². The number of para-hydroxylation sites is 1. The van der Waals surface area contributed by atoms with Crippen molar-refractivity contribution in [3.05, 3.63) is 53.7 Å². The average molecular weight is 469 g/mol. The minimum atomic E-state index is -0.402. The minimum absolute atomic E-state index is 0.178. The van der Waals surface area contributed by atoms with Gasteiger partial charge in [0.05, 0.1) is 26.9 Å². The Balaban J connectivity index is 1.93. The number of anilines is 1. The van der Waals surface area contributed by atoms with Crippen molar-refractivity contribution in [3.8, 4) is 17.2 Å². The number of nitrogens with one attached hydrogen (secondary N) is 1. The van der Waals surface area contributed by atoms with Gasteiger partial charge in [-0.2, -0.15) is 0 Å². The standard InChI is InChI=1S/C26H32N2O6/c1-5-6-13-34-14-9-12-28-25(29)23(21-10-7-8-11-22(21)33-4)24(26(28)30)27-18-15-19(31-2)17-20(16-18)32-3/h7-8,10-11,15-17,27H,5-6,9,12-14H2,1-4H3. The van der Waals surface area contributed by atoms with E-state index in [-0.39, 0.29) is 23.7 Å². The molecule has 0 unspecified atom stereocenters. The van der Waals surface area contributed by atoms with Crippen LogP contribution < -0.4 is 19.5 Å². The fraction of sp³-hybridized carbons (Fsp3) is 0.385. The summed E-state index contributed by atoms with van der Waals surface area (Å²) < 4.78 is 21.8. The normalized spacial score (nSPS) is 13.5. The molecule has 34 heavy (non-hydrogen) atoms. The lowest BCUT2D eigenvalue weighted by Crippen LogP contribution is -2.34. The van der Waals surface area contributed by atoms with Gasteiger partial charge >= 0.3 is 0 Å². The SMILES string of the molecule is CCCCOCCCN1C(=O)C(Nc2cc(OC)cc(OC)c2)=C(c2ccccc2OC)C1=O. The highest BCUT2D eigenvalue weighted by molar-refractivity contribution is 6.37. The van der Waals surface area contributed by atoms with Crippen LogP contribution in [0.5, 0.6) is 17.2 Å². The van der Waals surface area contributed by atoms with Crippen LogP contribution in [-0.4, -0.2) is 57.8 Å². The zero-order valence-electron chi connectivity index (χ0n) is 20.2. The van der Waals surface area contributed by atoms with Crippen molar-refractivity contribution in [2.45, 2.75) is 26.2 Å². The number of ether oxygens (including phenoxy) is 4. The summed E-state index contributed by atoms with van der Waals surface area (Å²) in [5.41, 5.74) is 1.54. The molecular formula is C26H32N2O6. The quantitative estimate of drug-likeness (QED) is 0.350. The maximum Gasteiger partial charge on any atom is 0.278 e. The van der Waals surface area contributed by atoms with Crippen LogP contribution in [0.2, 0.25) is 0 Å². The van der Waals surface area contributed by atoms with Crippen molar-refractivity contribution >= 4 is 23.1 Å². The van der Waals surface area contributed by atoms with Gasteiger partial charge in [0.25, 0.3) is 11.8 Å². The lowest BCUT2D eigenvalue weighted by atomic mass is 10.0. The Labute approximate surface area is 200 Å². The molecule has 8 nitrogen and oxygen atoms in total. The van der Waals surface area contributed by atoms with E-state index in [2.05, 4.69) is 12.2 Å². The van der Waals surface area contributed by atoms with Crippen LogP contribution in [0.1, 0.15) is 31.7 Å². The fourth-order valence-electron chi connectivity index (χ4n) is 3.69. The smallest absolute Gasteiger partial charge is 0.278 e. The maximum absolute atomic E-state index is 13.5. The molecule has 0 fully saturated rings. The summed E-state index contributed by atoms with van der Waals surface area (Å²) in [6.45, 7) is 3.52. The number of hydrogen-bond donors (Lipinski definition) is 1. The third-order valence-electron chi connectivity index (χ3n) is 5.48. The minimum Gasteiger partial charge on any atom is -0.497 e. The van der Waals surface area contributed by atoms with Crippen molar-refractivity contribution in [3.63, 3.8) is 0 Å². The zero-order valence-corrected chi connectivity index (χ0v) is 20.2. The monoisotopic (exact) mass is 468 g/mol. The Morgan fingerprint density at radius 1 is 0.853 bits per heavy atom. The van der Waals surface area contributed by atoms with Crippen molar-refractivity contribution in [2.75, 3.05) is 46.4 Å². The highest BCUT2D eigenvalue weighted by Gasteiger charge is 2.40. The molecule has 8 heteroatoms. The summed E-state index contributed by atoms with van der Waals surface area (Å²) >= 11 is 0. The molecule has 2 aromatic carbocycles. The summed E-state index contributed by atoms with van der Waals surface area (Å²) in [6, 6.07) is 12.3. The fourth-order valence-corrected chi connectivity index (χ4v) is 3.69. The average Bonchev–Trinajstić information content (AvgIpc) is 3.09. The summed E-state index contributed by atoms with van der Waals surface area (Å²) in [5.74, 6) is 0.839. The van der Waals surface area contributed by atoms with Crippen LogP contribution in [0, 0.1) is 0 Å². The van der Waals surface area contributed by atoms with Gasteiger partial charge in [-0.1, -0.05) is 31.5 Å². The van der Waals surface area contributed by atoms with E-state index in [1.165, 1.54) is 12.0 Å². The Hall–Kier alpha value is -3.52. The molecule has 0 aliphatic carbocycles. The number of methoxy groups -OCH3 is 3. The van der Waals surface area contributed by atoms with Gasteiger partial charge in [-0.15, -0.1) is 0 Å². The highest BCUT2D eigenvalue weighted by Crippen LogP contribution is 2.36. The predicted molar refractivity (Wildman–Crippen MR) is 130 cm³/mol. The number of nitrogens with zero attached hydrogens (tertiary/aromatic N) is 1. The van der Waals surface area contributed by atoms with Crippen molar-refractivity contribution in [1.29, 1.82) is 0 Å². The van der Waals surface area contributed by atoms with E-state index in [4.69, 9.17) is 18.9 Å². The highest BCUT2D eigenvalue weighted by atomic mass is 16.5. The third-order valence-corrected chi connectivity index (χ3v) is 5.48. The van der Waals surface area contributed by atoms with Crippen molar-refractivity contribution in [2.24, 2.45) is 0 Å². The van der Waals surface area contributed by atoms with E-state index in [0.717, 1.165) is 12.8 Å². The summed E-state index contributed by atoms with van der Waals surface area (Å²) in [7, 11) is 4.63. The van der Waals surface area contributed by atoms with Crippen LogP contribution in [0.25, 0.3) is 5.57 Å². The number of unbranched alkanes of at least 4 members (excludes halogenated alkanes) is 1. The van der Waals surface area contributed by atoms with Gasteiger partial charge < -0.3 is 24.3 Å². The van der Waals surface area contributed by atoms with Crippen LogP contribution >= 0.6 is 0 Å². The van der Waals surface area contributed by atoms with Gasteiger partial charge in [0.2, 0.25) is 0 Å². The molecule has 2 aromatic rings. The summed E-state index contributed by atoms with van der Waals surface area (Å²) in [5, 5.41) is 3.14. The Morgan fingerprint density at radius 2 is 1.53 bits per heavy atom. The van der Waals surface area contributed by atoms with Crippen LogP contribution in [-0.2, 0) is 14.3 Å². The van der Waals surface area contributed by atoms with Crippen LogP contribution in [0.15, 0.2) is 48.2 Å². The van der Waals surface area contributed by atoms with Crippen molar-refractivity contribution in [1.82, 2.24) is 4.90 Å². The topological polar surface area (TPSA) is 86.3 Å². The maximum atomic E-state index is 13.5. The van der Waals surface area contributed by atoms with E-state index in [0.29, 0.717) is 48.1 Å². The zero-order chi connectivity index (χ0) is 24.5. The molecule has 0 spiro atoms. The molecule has 1 aliphatic heterocycles. The summed E-state index contributed by atoms with van der Waals surface area (Å²) in [4.78, 5) is 28.1. The molecular weight excluding hydrogens is 436 g/mol. The Kier molecular flexibility index (Phi) is 8.93. The molecule has 0 atom stereocenters. The number of rotatable bonds is 13. The second-order valence-corrected chi connectivity index (χ2v) is 7.76. The molecule has 0 aromatic heterocycles. The first-order chi connectivity index (χ1) is 16.5. The lowest BCUT2D eigenvalue weighted by Gasteiger charge is -2.16. The number of carbonyl (C=O) groups excluding carboxylic acids is 2. The Bertz CT molecular complexity index is 1030. The second kappa shape index (κ2) is 12.1. The Morgan fingerprint density at radius 3 is 2.18 bits per heavy atom. The van der Waals surface area contributed by atoms with Gasteiger partial charge in [0, 0.05) is 49.2 Å². The predicted octanol–water partition coefficient (Wildman–Crippen LogP) is 4.11. The first kappa shape index (κ1) is 25.1. The molecule has 0 saturated carbocycles. The van der Waals surface area contributed by atoms with Gasteiger partial charge in [-0.3, -0.25) is 14.5 Å². The number of benzene rings is 2. The molecule has 0 bridgehead atoms. The van der Waals surface area contributed by atoms with E-state index in [1.54, 1.807) is 50.6 Å². The van der Waals surface area contributed by atoms with Crippen LogP contribution in [0.3, 0.4) is 0 Å². The first-order valence-corrected chi connectivity index (χ1v) is 11.4. The molecule has 0 saturated heterocycles.